The van der Waals surface area contributed by atoms with E-state index in [-0.39, 0.29) is 11.9 Å². The predicted molar refractivity (Wildman–Crippen MR) is 74.1 cm³/mol. The lowest BCUT2D eigenvalue weighted by Crippen LogP contribution is -2.24. The van der Waals surface area contributed by atoms with E-state index in [2.05, 4.69) is 4.98 Å². The number of hydrogen-bond acceptors (Lipinski definition) is 3. The molecular formula is C14H18FN3O2. The van der Waals surface area contributed by atoms with Crippen LogP contribution in [0.1, 0.15) is 31.8 Å². The van der Waals surface area contributed by atoms with Gasteiger partial charge in [-0.1, -0.05) is 0 Å². The summed E-state index contributed by atoms with van der Waals surface area (Å²) in [7, 11) is 3.78. The van der Waals surface area contributed by atoms with Crippen LogP contribution in [0.5, 0.6) is 0 Å². The number of rotatable bonds is 4. The van der Waals surface area contributed by atoms with Crippen LogP contribution in [0.25, 0.3) is 11.0 Å². The number of carboxylic acid groups (broad SMARTS) is 1. The zero-order valence-electron chi connectivity index (χ0n) is 12.0. The number of carboxylic acids is 1. The molecule has 0 fully saturated rings. The second-order valence-electron chi connectivity index (χ2n) is 5.13. The fraction of sp³-hybridized carbons (Fsp3) is 0.429. The molecule has 1 aromatic carbocycles. The lowest BCUT2D eigenvalue weighted by atomic mass is 10.2. The third-order valence-electron chi connectivity index (χ3n) is 3.57. The maximum absolute atomic E-state index is 13.3. The van der Waals surface area contributed by atoms with Crippen molar-refractivity contribution in [3.8, 4) is 0 Å². The van der Waals surface area contributed by atoms with Crippen molar-refractivity contribution >= 4 is 17.0 Å². The first kappa shape index (κ1) is 14.5. The Hall–Kier alpha value is -1.95. The van der Waals surface area contributed by atoms with Crippen molar-refractivity contribution < 1.29 is 14.3 Å². The Morgan fingerprint density at radius 1 is 1.40 bits per heavy atom. The van der Waals surface area contributed by atoms with Gasteiger partial charge in [0.25, 0.3) is 0 Å². The van der Waals surface area contributed by atoms with E-state index in [0.29, 0.717) is 16.9 Å². The van der Waals surface area contributed by atoms with Crippen molar-refractivity contribution in [2.45, 2.75) is 25.9 Å². The van der Waals surface area contributed by atoms with Crippen LogP contribution in [-0.2, 0) is 4.79 Å². The predicted octanol–water partition coefficient (Wildman–Crippen LogP) is 2.44. The van der Waals surface area contributed by atoms with Crippen LogP contribution in [0.2, 0.25) is 0 Å². The van der Waals surface area contributed by atoms with Crippen LogP contribution in [0, 0.1) is 5.82 Å². The van der Waals surface area contributed by atoms with Crippen molar-refractivity contribution in [3.63, 3.8) is 0 Å². The van der Waals surface area contributed by atoms with Crippen LogP contribution < -0.4 is 0 Å². The van der Waals surface area contributed by atoms with E-state index in [4.69, 9.17) is 0 Å². The highest BCUT2D eigenvalue weighted by atomic mass is 19.1. The summed E-state index contributed by atoms with van der Waals surface area (Å²) in [6.45, 7) is 3.53. The molecule has 108 valence electrons. The number of imidazole rings is 1. The lowest BCUT2D eigenvalue weighted by molar-refractivity contribution is -0.140. The summed E-state index contributed by atoms with van der Waals surface area (Å²) >= 11 is 0. The van der Waals surface area contributed by atoms with Crippen molar-refractivity contribution in [3.05, 3.63) is 29.8 Å². The van der Waals surface area contributed by atoms with Crippen LogP contribution in [-0.4, -0.2) is 39.6 Å². The minimum Gasteiger partial charge on any atom is -0.480 e. The zero-order chi connectivity index (χ0) is 15.0. The van der Waals surface area contributed by atoms with Gasteiger partial charge in [0.1, 0.15) is 17.7 Å². The number of aliphatic carboxylic acids is 1. The number of fused-ring (bicyclic) bond motifs is 1. The first-order valence-corrected chi connectivity index (χ1v) is 6.39. The second-order valence-corrected chi connectivity index (χ2v) is 5.13. The fourth-order valence-electron chi connectivity index (χ4n) is 2.13. The van der Waals surface area contributed by atoms with Gasteiger partial charge in [0.2, 0.25) is 0 Å². The molecule has 0 aliphatic heterocycles. The Morgan fingerprint density at radius 2 is 2.05 bits per heavy atom. The quantitative estimate of drug-likeness (QED) is 0.934. The van der Waals surface area contributed by atoms with E-state index in [1.807, 2.05) is 25.9 Å². The molecule has 0 saturated heterocycles. The maximum Gasteiger partial charge on any atom is 0.326 e. The van der Waals surface area contributed by atoms with E-state index < -0.39 is 12.0 Å². The molecule has 20 heavy (non-hydrogen) atoms. The molecule has 2 aromatic rings. The Labute approximate surface area is 116 Å². The molecule has 0 saturated carbocycles. The molecule has 0 aliphatic carbocycles. The van der Waals surface area contributed by atoms with E-state index in [9.17, 15) is 14.3 Å². The minimum absolute atomic E-state index is 0.0766. The van der Waals surface area contributed by atoms with Gasteiger partial charge >= 0.3 is 5.97 Å². The summed E-state index contributed by atoms with van der Waals surface area (Å²) in [5.74, 6) is -0.708. The summed E-state index contributed by atoms with van der Waals surface area (Å²) in [6, 6.07) is 3.38. The van der Waals surface area contributed by atoms with Crippen LogP contribution >= 0.6 is 0 Å². The zero-order valence-corrected chi connectivity index (χ0v) is 12.0. The molecule has 2 atom stereocenters. The molecule has 1 N–H and O–H groups in total. The standard InChI is InChI=1S/C14H18FN3O2/c1-8(17(3)4)13-16-11-7-10(15)5-6-12(11)18(13)9(2)14(19)20/h5-9H,1-4H3,(H,19,20). The molecule has 0 amide bonds. The molecule has 2 unspecified atom stereocenters. The monoisotopic (exact) mass is 279 g/mol. The van der Waals surface area contributed by atoms with Gasteiger partial charge in [-0.05, 0) is 40.1 Å². The molecule has 0 bridgehead atoms. The van der Waals surface area contributed by atoms with E-state index >= 15 is 0 Å². The molecule has 0 aliphatic rings. The molecule has 1 aromatic heterocycles. The molecule has 6 heteroatoms. The van der Waals surface area contributed by atoms with Crippen molar-refractivity contribution in [2.24, 2.45) is 0 Å². The largest absolute Gasteiger partial charge is 0.480 e. The van der Waals surface area contributed by atoms with Crippen LogP contribution in [0.3, 0.4) is 0 Å². The minimum atomic E-state index is -0.944. The van der Waals surface area contributed by atoms with Crippen LogP contribution in [0.15, 0.2) is 18.2 Å². The average molecular weight is 279 g/mol. The van der Waals surface area contributed by atoms with Gasteiger partial charge in [0.05, 0.1) is 17.1 Å². The molecular weight excluding hydrogens is 261 g/mol. The van der Waals surface area contributed by atoms with Gasteiger partial charge in [-0.25, -0.2) is 14.2 Å². The van der Waals surface area contributed by atoms with Crippen molar-refractivity contribution in [1.29, 1.82) is 0 Å². The third kappa shape index (κ3) is 2.38. The molecule has 0 spiro atoms. The number of benzene rings is 1. The van der Waals surface area contributed by atoms with Gasteiger partial charge in [0.15, 0.2) is 0 Å². The maximum atomic E-state index is 13.3. The number of halogens is 1. The Kier molecular flexibility index (Phi) is 3.76. The molecule has 1 heterocycles. The summed E-state index contributed by atoms with van der Waals surface area (Å²) < 4.78 is 15.0. The average Bonchev–Trinajstić information content (AvgIpc) is 2.74. The third-order valence-corrected chi connectivity index (χ3v) is 3.57. The fourth-order valence-corrected chi connectivity index (χ4v) is 2.13. The topological polar surface area (TPSA) is 58.4 Å². The number of aromatic nitrogens is 2. The van der Waals surface area contributed by atoms with Crippen molar-refractivity contribution in [1.82, 2.24) is 14.5 Å². The van der Waals surface area contributed by atoms with Gasteiger partial charge in [-0.3, -0.25) is 4.90 Å². The van der Waals surface area contributed by atoms with Gasteiger partial charge < -0.3 is 9.67 Å². The SMILES string of the molecule is CC(c1nc2cc(F)ccc2n1C(C)C(=O)O)N(C)C. The number of hydrogen-bond donors (Lipinski definition) is 1. The van der Waals surface area contributed by atoms with Crippen LogP contribution in [0.4, 0.5) is 4.39 Å². The number of carbonyl (C=O) groups is 1. The second kappa shape index (κ2) is 5.20. The summed E-state index contributed by atoms with van der Waals surface area (Å²) in [5, 5.41) is 9.28. The van der Waals surface area contributed by atoms with E-state index in [0.717, 1.165) is 0 Å². The van der Waals surface area contributed by atoms with Crippen molar-refractivity contribution in [2.75, 3.05) is 14.1 Å². The lowest BCUT2D eigenvalue weighted by Gasteiger charge is -2.22. The summed E-state index contributed by atoms with van der Waals surface area (Å²) in [6.07, 6.45) is 0. The van der Waals surface area contributed by atoms with E-state index in [1.165, 1.54) is 12.1 Å². The first-order valence-electron chi connectivity index (χ1n) is 6.39. The normalized spacial score (nSPS) is 14.7. The summed E-state index contributed by atoms with van der Waals surface area (Å²) in [5.41, 5.74) is 1.10. The highest BCUT2D eigenvalue weighted by Gasteiger charge is 2.24. The molecule has 0 radical (unpaired) electrons. The van der Waals surface area contributed by atoms with Gasteiger partial charge in [-0.15, -0.1) is 0 Å². The highest BCUT2D eigenvalue weighted by molar-refractivity contribution is 5.80. The van der Waals surface area contributed by atoms with E-state index in [1.54, 1.807) is 17.6 Å². The van der Waals surface area contributed by atoms with Gasteiger partial charge in [0, 0.05) is 6.07 Å². The van der Waals surface area contributed by atoms with Gasteiger partial charge in [-0.2, -0.15) is 0 Å². The smallest absolute Gasteiger partial charge is 0.326 e. The highest BCUT2D eigenvalue weighted by Crippen LogP contribution is 2.27. The Bertz CT molecular complexity index is 651. The first-order chi connectivity index (χ1) is 9.32. The Morgan fingerprint density at radius 3 is 2.60 bits per heavy atom. The number of nitrogens with zero attached hydrogens (tertiary/aromatic N) is 3. The Balaban J connectivity index is 2.71. The summed E-state index contributed by atoms with van der Waals surface area (Å²) in [4.78, 5) is 17.7. The molecule has 5 nitrogen and oxygen atoms in total. The molecule has 2 rings (SSSR count).